The van der Waals surface area contributed by atoms with Crippen molar-refractivity contribution in [3.05, 3.63) is 23.8 Å². The molecule has 6 nitrogen and oxygen atoms in total. The summed E-state index contributed by atoms with van der Waals surface area (Å²) in [4.78, 5) is 28.3. The zero-order valence-corrected chi connectivity index (χ0v) is 15.4. The summed E-state index contributed by atoms with van der Waals surface area (Å²) < 4.78 is 10.5. The molecule has 1 aliphatic heterocycles. The van der Waals surface area contributed by atoms with Crippen molar-refractivity contribution in [1.29, 1.82) is 0 Å². The zero-order valence-electron chi connectivity index (χ0n) is 15.4. The summed E-state index contributed by atoms with van der Waals surface area (Å²) in [5.41, 5.74) is 0.893. The number of amides is 2. The van der Waals surface area contributed by atoms with Gasteiger partial charge in [0.25, 0.3) is 0 Å². The van der Waals surface area contributed by atoms with E-state index in [9.17, 15) is 9.59 Å². The van der Waals surface area contributed by atoms with Crippen LogP contribution in [0.1, 0.15) is 31.7 Å². The van der Waals surface area contributed by atoms with Crippen molar-refractivity contribution in [2.75, 3.05) is 40.4 Å². The highest BCUT2D eigenvalue weighted by Crippen LogP contribution is 2.27. The molecule has 138 valence electrons. The first-order valence-electron chi connectivity index (χ1n) is 8.85. The Bertz CT molecular complexity index is 595. The maximum Gasteiger partial charge on any atom is 0.227 e. The van der Waals surface area contributed by atoms with Gasteiger partial charge >= 0.3 is 0 Å². The Kier molecular flexibility index (Phi) is 7.10. The molecule has 0 saturated carbocycles. The van der Waals surface area contributed by atoms with Gasteiger partial charge in [-0.05, 0) is 24.1 Å². The SMILES string of the molecule is CCCCC(=O)N1CCN(C(=O)Cc2ccc(OC)c(OC)c2)CC1. The van der Waals surface area contributed by atoms with Crippen LogP contribution in [0.15, 0.2) is 18.2 Å². The van der Waals surface area contributed by atoms with Gasteiger partial charge in [-0.1, -0.05) is 19.4 Å². The Balaban J connectivity index is 1.87. The van der Waals surface area contributed by atoms with Crippen molar-refractivity contribution in [3.63, 3.8) is 0 Å². The maximum absolute atomic E-state index is 12.5. The minimum absolute atomic E-state index is 0.0767. The van der Waals surface area contributed by atoms with Crippen LogP contribution in [-0.2, 0) is 16.0 Å². The topological polar surface area (TPSA) is 59.1 Å². The van der Waals surface area contributed by atoms with Crippen LogP contribution in [-0.4, -0.2) is 62.0 Å². The van der Waals surface area contributed by atoms with E-state index in [1.165, 1.54) is 0 Å². The molecule has 1 aliphatic rings. The van der Waals surface area contributed by atoms with Crippen molar-refractivity contribution in [2.45, 2.75) is 32.6 Å². The molecule has 0 radical (unpaired) electrons. The van der Waals surface area contributed by atoms with Crippen LogP contribution in [0.4, 0.5) is 0 Å². The van der Waals surface area contributed by atoms with E-state index < -0.39 is 0 Å². The van der Waals surface area contributed by atoms with Gasteiger partial charge in [0.15, 0.2) is 11.5 Å². The van der Waals surface area contributed by atoms with E-state index in [0.717, 1.165) is 18.4 Å². The van der Waals surface area contributed by atoms with Crippen LogP contribution in [0.25, 0.3) is 0 Å². The molecule has 1 saturated heterocycles. The van der Waals surface area contributed by atoms with E-state index in [2.05, 4.69) is 6.92 Å². The number of carbonyl (C=O) groups excluding carboxylic acids is 2. The molecule has 25 heavy (non-hydrogen) atoms. The lowest BCUT2D eigenvalue weighted by Gasteiger charge is -2.35. The second-order valence-electron chi connectivity index (χ2n) is 6.23. The van der Waals surface area contributed by atoms with Crippen LogP contribution in [0.2, 0.25) is 0 Å². The molecule has 1 aromatic carbocycles. The van der Waals surface area contributed by atoms with Crippen molar-refractivity contribution in [1.82, 2.24) is 9.80 Å². The first-order valence-corrected chi connectivity index (χ1v) is 8.85. The minimum atomic E-state index is 0.0767. The number of unbranched alkanes of at least 4 members (excludes halogenated alkanes) is 1. The number of hydrogen-bond donors (Lipinski definition) is 0. The Hall–Kier alpha value is -2.24. The predicted octanol–water partition coefficient (Wildman–Crippen LogP) is 2.11. The van der Waals surface area contributed by atoms with E-state index in [1.54, 1.807) is 14.2 Å². The molecule has 1 aromatic rings. The van der Waals surface area contributed by atoms with E-state index in [-0.39, 0.29) is 11.8 Å². The van der Waals surface area contributed by atoms with Crippen molar-refractivity contribution in [2.24, 2.45) is 0 Å². The Morgan fingerprint density at radius 1 is 0.960 bits per heavy atom. The Labute approximate surface area is 149 Å². The average molecular weight is 348 g/mol. The highest BCUT2D eigenvalue weighted by atomic mass is 16.5. The quantitative estimate of drug-likeness (QED) is 0.757. The number of nitrogens with zero attached hydrogens (tertiary/aromatic N) is 2. The summed E-state index contributed by atoms with van der Waals surface area (Å²) in [6, 6.07) is 5.52. The van der Waals surface area contributed by atoms with Gasteiger partial charge in [0, 0.05) is 32.6 Å². The average Bonchev–Trinajstić information content (AvgIpc) is 2.66. The normalized spacial score (nSPS) is 14.4. The molecule has 2 rings (SSSR count). The van der Waals surface area contributed by atoms with Gasteiger partial charge in [0.1, 0.15) is 0 Å². The second-order valence-corrected chi connectivity index (χ2v) is 6.23. The van der Waals surface area contributed by atoms with Crippen LogP contribution in [0, 0.1) is 0 Å². The Morgan fingerprint density at radius 2 is 1.56 bits per heavy atom. The maximum atomic E-state index is 12.5. The molecule has 0 aromatic heterocycles. The van der Waals surface area contributed by atoms with Gasteiger partial charge in [-0.2, -0.15) is 0 Å². The summed E-state index contributed by atoms with van der Waals surface area (Å²) >= 11 is 0. The van der Waals surface area contributed by atoms with E-state index >= 15 is 0 Å². The fourth-order valence-electron chi connectivity index (χ4n) is 2.97. The lowest BCUT2D eigenvalue weighted by Crippen LogP contribution is -2.50. The van der Waals surface area contributed by atoms with E-state index in [0.29, 0.717) is 50.5 Å². The number of benzene rings is 1. The van der Waals surface area contributed by atoms with Crippen LogP contribution < -0.4 is 9.47 Å². The van der Waals surface area contributed by atoms with E-state index in [1.807, 2.05) is 28.0 Å². The highest BCUT2D eigenvalue weighted by molar-refractivity contribution is 5.80. The molecule has 1 heterocycles. The molecule has 0 bridgehead atoms. The standard InChI is InChI=1S/C19H28N2O4/c1-4-5-6-18(22)20-9-11-21(12-10-20)19(23)14-15-7-8-16(24-2)17(13-15)25-3/h7-8,13H,4-6,9-12,14H2,1-3H3. The third-order valence-corrected chi connectivity index (χ3v) is 4.53. The molecular formula is C19H28N2O4. The van der Waals surface area contributed by atoms with Gasteiger partial charge in [0.05, 0.1) is 20.6 Å². The molecule has 6 heteroatoms. The highest BCUT2D eigenvalue weighted by Gasteiger charge is 2.23. The Morgan fingerprint density at radius 3 is 2.12 bits per heavy atom. The van der Waals surface area contributed by atoms with Gasteiger partial charge in [-0.15, -0.1) is 0 Å². The van der Waals surface area contributed by atoms with Crippen molar-refractivity contribution < 1.29 is 19.1 Å². The molecule has 0 unspecified atom stereocenters. The third kappa shape index (κ3) is 5.11. The molecule has 1 fully saturated rings. The van der Waals surface area contributed by atoms with Crippen molar-refractivity contribution in [3.8, 4) is 11.5 Å². The fraction of sp³-hybridized carbons (Fsp3) is 0.579. The molecule has 0 atom stereocenters. The molecular weight excluding hydrogens is 320 g/mol. The second kappa shape index (κ2) is 9.30. The number of ether oxygens (including phenoxy) is 2. The lowest BCUT2D eigenvalue weighted by molar-refractivity contribution is -0.139. The number of hydrogen-bond acceptors (Lipinski definition) is 4. The number of piperazine rings is 1. The zero-order chi connectivity index (χ0) is 18.2. The first kappa shape index (κ1) is 19.1. The summed E-state index contributed by atoms with van der Waals surface area (Å²) in [6.45, 7) is 4.53. The molecule has 0 N–H and O–H groups in total. The van der Waals surface area contributed by atoms with Gasteiger partial charge in [-0.25, -0.2) is 0 Å². The first-order chi connectivity index (χ1) is 12.1. The van der Waals surface area contributed by atoms with Gasteiger partial charge in [-0.3, -0.25) is 9.59 Å². The number of rotatable bonds is 7. The summed E-state index contributed by atoms with van der Waals surface area (Å²) in [6.07, 6.45) is 2.88. The third-order valence-electron chi connectivity index (χ3n) is 4.53. The monoisotopic (exact) mass is 348 g/mol. The van der Waals surface area contributed by atoms with Gasteiger partial charge < -0.3 is 19.3 Å². The van der Waals surface area contributed by atoms with Crippen LogP contribution >= 0.6 is 0 Å². The number of methoxy groups -OCH3 is 2. The lowest BCUT2D eigenvalue weighted by atomic mass is 10.1. The van der Waals surface area contributed by atoms with Gasteiger partial charge in [0.2, 0.25) is 11.8 Å². The number of carbonyl (C=O) groups is 2. The minimum Gasteiger partial charge on any atom is -0.493 e. The molecule has 0 aliphatic carbocycles. The van der Waals surface area contributed by atoms with Crippen LogP contribution in [0.5, 0.6) is 11.5 Å². The summed E-state index contributed by atoms with van der Waals surface area (Å²) in [5.74, 6) is 1.55. The smallest absolute Gasteiger partial charge is 0.227 e. The molecule has 0 spiro atoms. The summed E-state index contributed by atoms with van der Waals surface area (Å²) in [7, 11) is 3.17. The van der Waals surface area contributed by atoms with Crippen LogP contribution in [0.3, 0.4) is 0 Å². The van der Waals surface area contributed by atoms with Crippen molar-refractivity contribution >= 4 is 11.8 Å². The predicted molar refractivity (Wildman–Crippen MR) is 95.9 cm³/mol. The largest absolute Gasteiger partial charge is 0.493 e. The molecule has 2 amide bonds. The fourth-order valence-corrected chi connectivity index (χ4v) is 2.97. The summed E-state index contributed by atoms with van der Waals surface area (Å²) in [5, 5.41) is 0. The van der Waals surface area contributed by atoms with E-state index in [4.69, 9.17) is 9.47 Å².